The van der Waals surface area contributed by atoms with Crippen molar-refractivity contribution in [1.29, 1.82) is 0 Å². The van der Waals surface area contributed by atoms with Crippen molar-refractivity contribution in [3.63, 3.8) is 0 Å². The van der Waals surface area contributed by atoms with Gasteiger partial charge in [-0.1, -0.05) is 58.4 Å². The number of hydrogen-bond acceptors (Lipinski definition) is 1. The molecule has 0 amide bonds. The fourth-order valence-corrected chi connectivity index (χ4v) is 3.50. The summed E-state index contributed by atoms with van der Waals surface area (Å²) >= 11 is 0. The van der Waals surface area contributed by atoms with E-state index >= 15 is 0 Å². The molecule has 90 valence electrons. The molecule has 2 aliphatic heterocycles. The molecule has 0 aromatic rings. The predicted octanol–water partition coefficient (Wildman–Crippen LogP) is 4.66. The van der Waals surface area contributed by atoms with E-state index in [9.17, 15) is 0 Å². The van der Waals surface area contributed by atoms with Crippen molar-refractivity contribution < 1.29 is 4.65 Å². The maximum Gasteiger partial charge on any atom is 0.363 e. The van der Waals surface area contributed by atoms with Crippen LogP contribution < -0.4 is 0 Å². The zero-order chi connectivity index (χ0) is 11.5. The van der Waals surface area contributed by atoms with Crippen molar-refractivity contribution in [3.05, 3.63) is 11.8 Å². The van der Waals surface area contributed by atoms with Crippen molar-refractivity contribution in [2.75, 3.05) is 0 Å². The predicted molar refractivity (Wildman–Crippen MR) is 70.6 cm³/mol. The molecule has 0 aromatic heterocycles. The maximum absolute atomic E-state index is 6.33. The summed E-state index contributed by atoms with van der Waals surface area (Å²) in [5.74, 6) is 3.44. The molecule has 2 saturated heterocycles. The van der Waals surface area contributed by atoms with Gasteiger partial charge in [0.25, 0.3) is 0 Å². The van der Waals surface area contributed by atoms with E-state index in [-0.39, 0.29) is 0 Å². The van der Waals surface area contributed by atoms with E-state index in [1.54, 1.807) is 0 Å². The minimum Gasteiger partial charge on any atom is -0.563 e. The topological polar surface area (TPSA) is 9.23 Å². The second-order valence-electron chi connectivity index (χ2n) is 5.81. The van der Waals surface area contributed by atoms with Crippen LogP contribution in [0.5, 0.6) is 0 Å². The van der Waals surface area contributed by atoms with Crippen LogP contribution >= 0.6 is 0 Å². The summed E-state index contributed by atoms with van der Waals surface area (Å²) in [6.07, 6.45) is 10.6. The minimum atomic E-state index is 0.535. The van der Waals surface area contributed by atoms with Crippen LogP contribution in [0.15, 0.2) is 11.8 Å². The van der Waals surface area contributed by atoms with E-state index < -0.39 is 0 Å². The second kappa shape index (κ2) is 5.29. The first-order valence-corrected chi connectivity index (χ1v) is 7.05. The SMILES string of the molecule is C/C=C(/OB1C2CCCC1CCC2)C(C)C. The third-order valence-corrected chi connectivity index (χ3v) is 4.35. The standard InChI is InChI=1S/C14H25BO/c1-4-14(11(2)3)16-15-12-7-5-8-13(15)10-6-9-12/h4,11-13H,5-10H2,1-3H3/b14-4+. The van der Waals surface area contributed by atoms with Crippen LogP contribution in [-0.2, 0) is 4.65 Å². The fraction of sp³-hybridized carbons (Fsp3) is 0.857. The first-order chi connectivity index (χ1) is 7.72. The lowest BCUT2D eigenvalue weighted by Crippen LogP contribution is -2.37. The third kappa shape index (κ3) is 2.47. The quantitative estimate of drug-likeness (QED) is 0.496. The average Bonchev–Trinajstić information content (AvgIpc) is 2.24. The average molecular weight is 220 g/mol. The van der Waals surface area contributed by atoms with Gasteiger partial charge in [0.15, 0.2) is 0 Å². The molecular formula is C14H25BO. The highest BCUT2D eigenvalue weighted by molar-refractivity contribution is 6.56. The van der Waals surface area contributed by atoms with Crippen LogP contribution in [0.25, 0.3) is 0 Å². The van der Waals surface area contributed by atoms with Crippen LogP contribution in [0.2, 0.25) is 11.6 Å². The molecule has 0 aromatic carbocycles. The first kappa shape index (κ1) is 12.1. The van der Waals surface area contributed by atoms with Gasteiger partial charge in [0.2, 0.25) is 0 Å². The zero-order valence-electron chi connectivity index (χ0n) is 11.0. The van der Waals surface area contributed by atoms with E-state index in [1.165, 1.54) is 44.3 Å². The van der Waals surface area contributed by atoms with Crippen LogP contribution in [0.1, 0.15) is 59.3 Å². The Hall–Kier alpha value is -0.395. The number of allylic oxidation sites excluding steroid dienone is 2. The van der Waals surface area contributed by atoms with Crippen molar-refractivity contribution in [2.24, 2.45) is 5.92 Å². The van der Waals surface area contributed by atoms with Crippen molar-refractivity contribution in [3.8, 4) is 0 Å². The summed E-state index contributed by atoms with van der Waals surface area (Å²) in [4.78, 5) is 0. The Morgan fingerprint density at radius 1 is 1.12 bits per heavy atom. The summed E-state index contributed by atoms with van der Waals surface area (Å²) in [6.45, 7) is 7.10. The molecule has 0 spiro atoms. The van der Waals surface area contributed by atoms with Crippen molar-refractivity contribution in [2.45, 2.75) is 70.9 Å². The molecule has 0 N–H and O–H groups in total. The molecule has 0 unspecified atom stereocenters. The van der Waals surface area contributed by atoms with E-state index in [0.717, 1.165) is 11.6 Å². The van der Waals surface area contributed by atoms with Gasteiger partial charge in [-0.3, -0.25) is 0 Å². The van der Waals surface area contributed by atoms with Crippen LogP contribution in [0.3, 0.4) is 0 Å². The lowest BCUT2D eigenvalue weighted by molar-refractivity contribution is 0.306. The van der Waals surface area contributed by atoms with E-state index in [4.69, 9.17) is 4.65 Å². The van der Waals surface area contributed by atoms with Gasteiger partial charge in [-0.15, -0.1) is 0 Å². The molecule has 2 bridgehead atoms. The summed E-state index contributed by atoms with van der Waals surface area (Å²) in [6, 6.07) is 0. The van der Waals surface area contributed by atoms with Crippen LogP contribution in [0, 0.1) is 5.92 Å². The molecule has 16 heavy (non-hydrogen) atoms. The Kier molecular flexibility index (Phi) is 3.99. The number of fused-ring (bicyclic) bond motifs is 2. The molecule has 0 radical (unpaired) electrons. The largest absolute Gasteiger partial charge is 0.563 e. The Morgan fingerprint density at radius 3 is 2.00 bits per heavy atom. The van der Waals surface area contributed by atoms with Crippen LogP contribution in [-0.4, -0.2) is 6.92 Å². The number of rotatable bonds is 3. The van der Waals surface area contributed by atoms with E-state index in [0.29, 0.717) is 12.8 Å². The molecule has 2 rings (SSSR count). The molecule has 0 saturated carbocycles. The summed E-state index contributed by atoms with van der Waals surface area (Å²) < 4.78 is 6.33. The molecule has 1 nitrogen and oxygen atoms in total. The summed E-state index contributed by atoms with van der Waals surface area (Å²) in [5.41, 5.74) is 0. The highest BCUT2D eigenvalue weighted by Gasteiger charge is 2.42. The lowest BCUT2D eigenvalue weighted by atomic mass is 9.38. The number of hydrogen-bond donors (Lipinski definition) is 0. The Balaban J connectivity index is 2.02. The van der Waals surface area contributed by atoms with Gasteiger partial charge in [0.1, 0.15) is 0 Å². The van der Waals surface area contributed by atoms with E-state index in [1.807, 2.05) is 0 Å². The minimum absolute atomic E-state index is 0.535. The van der Waals surface area contributed by atoms with Gasteiger partial charge in [-0.2, -0.15) is 0 Å². The first-order valence-electron chi connectivity index (χ1n) is 7.05. The lowest BCUT2D eigenvalue weighted by Gasteiger charge is -2.40. The molecule has 0 aliphatic carbocycles. The van der Waals surface area contributed by atoms with Gasteiger partial charge >= 0.3 is 6.92 Å². The van der Waals surface area contributed by atoms with Gasteiger partial charge in [-0.05, 0) is 18.6 Å². The second-order valence-corrected chi connectivity index (χ2v) is 5.81. The van der Waals surface area contributed by atoms with Crippen molar-refractivity contribution in [1.82, 2.24) is 0 Å². The van der Waals surface area contributed by atoms with Gasteiger partial charge in [0.05, 0.1) is 5.76 Å². The molecule has 2 heterocycles. The highest BCUT2D eigenvalue weighted by Crippen LogP contribution is 2.47. The molecule has 2 heteroatoms. The van der Waals surface area contributed by atoms with Crippen molar-refractivity contribution >= 4 is 6.92 Å². The Morgan fingerprint density at radius 2 is 1.62 bits per heavy atom. The normalized spacial score (nSPS) is 30.8. The molecular weight excluding hydrogens is 195 g/mol. The van der Waals surface area contributed by atoms with Gasteiger partial charge in [0, 0.05) is 5.92 Å². The summed E-state index contributed by atoms with van der Waals surface area (Å²) in [5, 5.41) is 0. The van der Waals surface area contributed by atoms with Crippen LogP contribution in [0.4, 0.5) is 0 Å². The zero-order valence-corrected chi connectivity index (χ0v) is 11.0. The third-order valence-electron chi connectivity index (χ3n) is 4.35. The summed E-state index contributed by atoms with van der Waals surface area (Å²) in [7, 11) is 0. The molecule has 2 aliphatic rings. The highest BCUT2D eigenvalue weighted by atomic mass is 16.4. The van der Waals surface area contributed by atoms with Gasteiger partial charge < -0.3 is 4.65 Å². The fourth-order valence-electron chi connectivity index (χ4n) is 3.50. The maximum atomic E-state index is 6.33. The molecule has 2 fully saturated rings. The Bertz CT molecular complexity index is 237. The monoisotopic (exact) mass is 220 g/mol. The molecule has 0 atom stereocenters. The Labute approximate surface area is 101 Å². The smallest absolute Gasteiger partial charge is 0.363 e. The van der Waals surface area contributed by atoms with E-state index in [2.05, 4.69) is 26.8 Å². The van der Waals surface area contributed by atoms with Gasteiger partial charge in [-0.25, -0.2) is 0 Å².